The van der Waals surface area contributed by atoms with Gasteiger partial charge in [-0.2, -0.15) is 11.8 Å². The molecule has 0 aromatic heterocycles. The first-order valence-corrected chi connectivity index (χ1v) is 6.04. The van der Waals surface area contributed by atoms with E-state index in [0.29, 0.717) is 25.3 Å². The number of aliphatic carboxylic acids is 1. The van der Waals surface area contributed by atoms with Gasteiger partial charge >= 0.3 is 5.97 Å². The number of rotatable bonds is 3. The minimum Gasteiger partial charge on any atom is -0.481 e. The number of thioether (sulfide) groups is 1. The summed E-state index contributed by atoms with van der Waals surface area (Å²) in [6.07, 6.45) is 3.37. The third-order valence-electron chi connectivity index (χ3n) is 2.39. The average molecular weight is 217 g/mol. The van der Waals surface area contributed by atoms with Gasteiger partial charge in [-0.1, -0.05) is 0 Å². The molecule has 1 amide bonds. The molecule has 1 heterocycles. The lowest BCUT2D eigenvalue weighted by Gasteiger charge is -2.30. The predicted molar refractivity (Wildman–Crippen MR) is 55.3 cm³/mol. The van der Waals surface area contributed by atoms with E-state index < -0.39 is 5.97 Å². The van der Waals surface area contributed by atoms with E-state index in [1.807, 2.05) is 6.26 Å². The summed E-state index contributed by atoms with van der Waals surface area (Å²) in [5.74, 6) is -0.642. The summed E-state index contributed by atoms with van der Waals surface area (Å²) >= 11 is 1.47. The summed E-state index contributed by atoms with van der Waals surface area (Å²) in [7, 11) is 0. The molecule has 1 saturated heterocycles. The van der Waals surface area contributed by atoms with Crippen LogP contribution in [0.4, 0.5) is 0 Å². The largest absolute Gasteiger partial charge is 0.481 e. The fourth-order valence-electron chi connectivity index (χ4n) is 1.62. The van der Waals surface area contributed by atoms with E-state index in [1.54, 1.807) is 4.90 Å². The Labute approximate surface area is 87.7 Å². The zero-order valence-corrected chi connectivity index (χ0v) is 9.05. The molecule has 80 valence electrons. The van der Waals surface area contributed by atoms with Crippen molar-refractivity contribution in [2.75, 3.05) is 25.1 Å². The fourth-order valence-corrected chi connectivity index (χ4v) is 2.05. The molecule has 0 aromatic carbocycles. The molecule has 0 aromatic rings. The average Bonchev–Trinajstić information content (AvgIpc) is 2.18. The van der Waals surface area contributed by atoms with E-state index in [0.717, 1.165) is 6.42 Å². The number of carbonyl (C=O) groups excluding carboxylic acids is 1. The molecule has 0 aliphatic carbocycles. The molecule has 0 saturated carbocycles. The first-order valence-electron chi connectivity index (χ1n) is 4.64. The molecule has 1 aliphatic heterocycles. The minimum absolute atomic E-state index is 0.0588. The lowest BCUT2D eigenvalue weighted by atomic mass is 9.98. The van der Waals surface area contributed by atoms with Gasteiger partial charge in [-0.15, -0.1) is 0 Å². The molecule has 1 N–H and O–H groups in total. The van der Waals surface area contributed by atoms with Crippen LogP contribution < -0.4 is 0 Å². The maximum atomic E-state index is 11.5. The van der Waals surface area contributed by atoms with Gasteiger partial charge in [0.05, 0.1) is 11.7 Å². The summed E-state index contributed by atoms with van der Waals surface area (Å²) in [6.45, 7) is 1.10. The Balaban J connectivity index is 2.47. The number of hydrogen-bond donors (Lipinski definition) is 1. The van der Waals surface area contributed by atoms with Gasteiger partial charge in [-0.3, -0.25) is 9.59 Å². The van der Waals surface area contributed by atoms with E-state index in [9.17, 15) is 9.59 Å². The Morgan fingerprint density at radius 2 is 2.29 bits per heavy atom. The van der Waals surface area contributed by atoms with E-state index in [2.05, 4.69) is 0 Å². The standard InChI is InChI=1S/C9H15NO3S/c1-14-6-8(11)10-4-2-3-7(5-10)9(12)13/h7H,2-6H2,1H3,(H,12,13). The highest BCUT2D eigenvalue weighted by molar-refractivity contribution is 7.99. The highest BCUT2D eigenvalue weighted by Crippen LogP contribution is 2.17. The number of piperidine rings is 1. The number of carbonyl (C=O) groups is 2. The molecular formula is C9H15NO3S. The van der Waals surface area contributed by atoms with Crippen LogP contribution in [0.5, 0.6) is 0 Å². The highest BCUT2D eigenvalue weighted by Gasteiger charge is 2.27. The van der Waals surface area contributed by atoms with Gasteiger partial charge in [0, 0.05) is 13.1 Å². The van der Waals surface area contributed by atoms with Crippen LogP contribution in [0.1, 0.15) is 12.8 Å². The quantitative estimate of drug-likeness (QED) is 0.755. The van der Waals surface area contributed by atoms with Gasteiger partial charge in [0.15, 0.2) is 0 Å². The van der Waals surface area contributed by atoms with E-state index in [4.69, 9.17) is 5.11 Å². The normalized spacial score (nSPS) is 22.1. The molecule has 1 atom stereocenters. The molecule has 4 nitrogen and oxygen atoms in total. The number of carboxylic acid groups (broad SMARTS) is 1. The van der Waals surface area contributed by atoms with Gasteiger partial charge in [-0.05, 0) is 19.1 Å². The van der Waals surface area contributed by atoms with Gasteiger partial charge in [-0.25, -0.2) is 0 Å². The first kappa shape index (κ1) is 11.4. The Bertz CT molecular complexity index is 232. The summed E-state index contributed by atoms with van der Waals surface area (Å²) in [5, 5.41) is 8.82. The Kier molecular flexibility index (Phi) is 4.25. The molecule has 0 bridgehead atoms. The Hall–Kier alpha value is -0.710. The lowest BCUT2D eigenvalue weighted by Crippen LogP contribution is -2.43. The molecule has 14 heavy (non-hydrogen) atoms. The highest BCUT2D eigenvalue weighted by atomic mass is 32.2. The molecule has 1 aliphatic rings. The van der Waals surface area contributed by atoms with Crippen molar-refractivity contribution in [3.8, 4) is 0 Å². The van der Waals surface area contributed by atoms with Crippen molar-refractivity contribution in [2.24, 2.45) is 5.92 Å². The minimum atomic E-state index is -0.786. The summed E-state index contributed by atoms with van der Waals surface area (Å²) in [4.78, 5) is 23.9. The predicted octanol–water partition coefficient (Wildman–Crippen LogP) is 0.673. The van der Waals surface area contributed by atoms with Crippen molar-refractivity contribution in [3.63, 3.8) is 0 Å². The van der Waals surface area contributed by atoms with Crippen molar-refractivity contribution in [1.82, 2.24) is 4.90 Å². The summed E-state index contributed by atoms with van der Waals surface area (Å²) < 4.78 is 0. The number of amides is 1. The van der Waals surface area contributed by atoms with Gasteiger partial charge in [0.25, 0.3) is 0 Å². The van der Waals surface area contributed by atoms with Gasteiger partial charge in [0.2, 0.25) is 5.91 Å². The van der Waals surface area contributed by atoms with Crippen LogP contribution in [-0.2, 0) is 9.59 Å². The van der Waals surface area contributed by atoms with Crippen LogP contribution in [-0.4, -0.2) is 47.0 Å². The van der Waals surface area contributed by atoms with Crippen molar-refractivity contribution in [2.45, 2.75) is 12.8 Å². The second-order valence-electron chi connectivity index (χ2n) is 3.45. The maximum Gasteiger partial charge on any atom is 0.308 e. The van der Waals surface area contributed by atoms with Crippen molar-refractivity contribution in [3.05, 3.63) is 0 Å². The summed E-state index contributed by atoms with van der Waals surface area (Å²) in [6, 6.07) is 0. The number of carboxylic acids is 1. The molecule has 0 spiro atoms. The van der Waals surface area contributed by atoms with E-state index >= 15 is 0 Å². The molecule has 5 heteroatoms. The van der Waals surface area contributed by atoms with Gasteiger partial charge < -0.3 is 10.0 Å². The maximum absolute atomic E-state index is 11.5. The van der Waals surface area contributed by atoms with Crippen molar-refractivity contribution in [1.29, 1.82) is 0 Å². The second kappa shape index (κ2) is 5.24. The van der Waals surface area contributed by atoms with E-state index in [-0.39, 0.29) is 11.8 Å². The lowest BCUT2D eigenvalue weighted by molar-refractivity contribution is -0.145. The monoisotopic (exact) mass is 217 g/mol. The fraction of sp³-hybridized carbons (Fsp3) is 0.778. The molecule has 1 unspecified atom stereocenters. The SMILES string of the molecule is CSCC(=O)N1CCCC(C(=O)O)C1. The zero-order chi connectivity index (χ0) is 10.6. The van der Waals surface area contributed by atoms with Crippen molar-refractivity contribution >= 4 is 23.6 Å². The van der Waals surface area contributed by atoms with Crippen LogP contribution >= 0.6 is 11.8 Å². The zero-order valence-electron chi connectivity index (χ0n) is 8.23. The smallest absolute Gasteiger partial charge is 0.308 e. The molecule has 1 fully saturated rings. The van der Waals surface area contributed by atoms with Crippen molar-refractivity contribution < 1.29 is 14.7 Å². The van der Waals surface area contributed by atoms with Crippen LogP contribution in [0.15, 0.2) is 0 Å². The molecule has 0 radical (unpaired) electrons. The van der Waals surface area contributed by atoms with Crippen LogP contribution in [0.3, 0.4) is 0 Å². The first-order chi connectivity index (χ1) is 6.65. The Morgan fingerprint density at radius 1 is 1.57 bits per heavy atom. The third-order valence-corrected chi connectivity index (χ3v) is 2.93. The topological polar surface area (TPSA) is 57.6 Å². The number of nitrogens with zero attached hydrogens (tertiary/aromatic N) is 1. The van der Waals surface area contributed by atoms with Gasteiger partial charge in [0.1, 0.15) is 0 Å². The summed E-state index contributed by atoms with van der Waals surface area (Å²) in [5.41, 5.74) is 0. The van der Waals surface area contributed by atoms with E-state index in [1.165, 1.54) is 11.8 Å². The van der Waals surface area contributed by atoms with Crippen LogP contribution in [0.25, 0.3) is 0 Å². The van der Waals surface area contributed by atoms with Crippen LogP contribution in [0.2, 0.25) is 0 Å². The second-order valence-corrected chi connectivity index (χ2v) is 4.32. The van der Waals surface area contributed by atoms with Crippen LogP contribution in [0, 0.1) is 5.92 Å². The number of likely N-dealkylation sites (tertiary alicyclic amines) is 1. The third kappa shape index (κ3) is 2.90. The number of hydrogen-bond acceptors (Lipinski definition) is 3. The molecular weight excluding hydrogens is 202 g/mol. The Morgan fingerprint density at radius 3 is 2.86 bits per heavy atom. The molecule has 1 rings (SSSR count).